The van der Waals surface area contributed by atoms with Crippen LogP contribution >= 0.6 is 0 Å². The molecule has 0 saturated carbocycles. The molecule has 140 valence electrons. The Labute approximate surface area is 154 Å². The van der Waals surface area contributed by atoms with Crippen molar-refractivity contribution >= 4 is 5.91 Å². The Morgan fingerprint density at radius 2 is 1.23 bits per heavy atom. The first kappa shape index (κ1) is 19.4. The van der Waals surface area contributed by atoms with Crippen LogP contribution in [0.1, 0.15) is 11.1 Å². The van der Waals surface area contributed by atoms with E-state index in [4.69, 9.17) is 18.9 Å². The van der Waals surface area contributed by atoms with E-state index in [1.54, 1.807) is 46.5 Å². The third kappa shape index (κ3) is 4.59. The van der Waals surface area contributed by atoms with Crippen LogP contribution in [0.15, 0.2) is 36.4 Å². The molecule has 0 aliphatic rings. The summed E-state index contributed by atoms with van der Waals surface area (Å²) in [4.78, 5) is 14.2. The zero-order chi connectivity index (χ0) is 19.1. The number of carbonyl (C=O) groups excluding carboxylic acids is 1. The third-order valence-corrected chi connectivity index (χ3v) is 4.10. The largest absolute Gasteiger partial charge is 0.493 e. The summed E-state index contributed by atoms with van der Waals surface area (Å²) in [5, 5.41) is 0. The molecule has 2 aromatic carbocycles. The molecule has 0 bridgehead atoms. The first-order valence-corrected chi connectivity index (χ1v) is 8.18. The Balaban J connectivity index is 2.06. The van der Waals surface area contributed by atoms with Crippen LogP contribution < -0.4 is 18.9 Å². The van der Waals surface area contributed by atoms with Crippen molar-refractivity contribution in [3.63, 3.8) is 0 Å². The van der Waals surface area contributed by atoms with Gasteiger partial charge in [0.25, 0.3) is 0 Å². The van der Waals surface area contributed by atoms with Gasteiger partial charge >= 0.3 is 0 Å². The number of likely N-dealkylation sites (N-methyl/N-ethyl adjacent to an activating group) is 1. The van der Waals surface area contributed by atoms with E-state index in [-0.39, 0.29) is 12.3 Å². The van der Waals surface area contributed by atoms with E-state index in [0.29, 0.717) is 29.5 Å². The minimum Gasteiger partial charge on any atom is -0.493 e. The van der Waals surface area contributed by atoms with Gasteiger partial charge in [0, 0.05) is 13.6 Å². The van der Waals surface area contributed by atoms with E-state index in [2.05, 4.69) is 0 Å². The highest BCUT2D eigenvalue weighted by molar-refractivity contribution is 5.78. The van der Waals surface area contributed by atoms with Crippen LogP contribution in [-0.2, 0) is 17.8 Å². The molecule has 0 spiro atoms. The zero-order valence-electron chi connectivity index (χ0n) is 15.9. The van der Waals surface area contributed by atoms with Crippen LogP contribution in [0.4, 0.5) is 0 Å². The smallest absolute Gasteiger partial charge is 0.227 e. The number of rotatable bonds is 8. The molecular formula is C20H25NO5. The molecule has 0 aromatic heterocycles. The number of methoxy groups -OCH3 is 4. The van der Waals surface area contributed by atoms with Crippen molar-refractivity contribution in [2.45, 2.75) is 13.0 Å². The van der Waals surface area contributed by atoms with E-state index >= 15 is 0 Å². The van der Waals surface area contributed by atoms with E-state index in [1.165, 1.54) is 0 Å². The average molecular weight is 359 g/mol. The predicted molar refractivity (Wildman–Crippen MR) is 99.3 cm³/mol. The van der Waals surface area contributed by atoms with Crippen molar-refractivity contribution in [2.75, 3.05) is 35.5 Å². The molecule has 0 saturated heterocycles. The van der Waals surface area contributed by atoms with Crippen LogP contribution in [0.3, 0.4) is 0 Å². The lowest BCUT2D eigenvalue weighted by molar-refractivity contribution is -0.129. The molecule has 0 aliphatic carbocycles. The summed E-state index contributed by atoms with van der Waals surface area (Å²) in [5.74, 6) is 2.57. The predicted octanol–water partition coefficient (Wildman–Crippen LogP) is 2.92. The molecule has 6 heteroatoms. The van der Waals surface area contributed by atoms with Crippen molar-refractivity contribution in [2.24, 2.45) is 0 Å². The van der Waals surface area contributed by atoms with Crippen LogP contribution in [0.2, 0.25) is 0 Å². The van der Waals surface area contributed by atoms with Crippen molar-refractivity contribution in [3.8, 4) is 23.0 Å². The summed E-state index contributed by atoms with van der Waals surface area (Å²) < 4.78 is 21.1. The molecule has 2 rings (SSSR count). The molecule has 0 atom stereocenters. The molecule has 2 aromatic rings. The maximum absolute atomic E-state index is 12.5. The highest BCUT2D eigenvalue weighted by Gasteiger charge is 2.14. The number of hydrogen-bond acceptors (Lipinski definition) is 5. The highest BCUT2D eigenvalue weighted by atomic mass is 16.5. The lowest BCUT2D eigenvalue weighted by Gasteiger charge is -2.19. The summed E-state index contributed by atoms with van der Waals surface area (Å²) in [6, 6.07) is 11.1. The van der Waals surface area contributed by atoms with Crippen LogP contribution in [-0.4, -0.2) is 46.3 Å². The fourth-order valence-electron chi connectivity index (χ4n) is 2.64. The lowest BCUT2D eigenvalue weighted by Crippen LogP contribution is -2.27. The van der Waals surface area contributed by atoms with Crippen molar-refractivity contribution in [1.82, 2.24) is 4.90 Å². The van der Waals surface area contributed by atoms with Gasteiger partial charge in [0.1, 0.15) is 0 Å². The van der Waals surface area contributed by atoms with Gasteiger partial charge in [0.15, 0.2) is 23.0 Å². The van der Waals surface area contributed by atoms with Crippen LogP contribution in [0.5, 0.6) is 23.0 Å². The summed E-state index contributed by atoms with van der Waals surface area (Å²) in [6.45, 7) is 0.479. The van der Waals surface area contributed by atoms with Gasteiger partial charge in [-0.3, -0.25) is 4.79 Å². The molecule has 0 heterocycles. The number of hydrogen-bond donors (Lipinski definition) is 0. The topological polar surface area (TPSA) is 57.2 Å². The number of amides is 1. The number of benzene rings is 2. The van der Waals surface area contributed by atoms with Gasteiger partial charge in [-0.25, -0.2) is 0 Å². The Morgan fingerprint density at radius 3 is 1.73 bits per heavy atom. The van der Waals surface area contributed by atoms with E-state index in [9.17, 15) is 4.79 Å². The molecule has 0 fully saturated rings. The molecular weight excluding hydrogens is 334 g/mol. The Hall–Kier alpha value is -2.89. The van der Waals surface area contributed by atoms with E-state index < -0.39 is 0 Å². The second kappa shape index (κ2) is 8.99. The molecule has 0 unspecified atom stereocenters. The Morgan fingerprint density at radius 1 is 0.769 bits per heavy atom. The van der Waals surface area contributed by atoms with Crippen molar-refractivity contribution in [3.05, 3.63) is 47.5 Å². The van der Waals surface area contributed by atoms with Gasteiger partial charge in [0.2, 0.25) is 5.91 Å². The fraction of sp³-hybridized carbons (Fsp3) is 0.350. The Kier molecular flexibility index (Phi) is 6.72. The molecule has 6 nitrogen and oxygen atoms in total. The summed E-state index contributed by atoms with van der Waals surface area (Å²) in [5.41, 5.74) is 1.83. The lowest BCUT2D eigenvalue weighted by atomic mass is 10.1. The minimum absolute atomic E-state index is 0.00649. The quantitative estimate of drug-likeness (QED) is 0.725. The second-order valence-electron chi connectivity index (χ2n) is 5.81. The summed E-state index contributed by atoms with van der Waals surface area (Å²) in [6.07, 6.45) is 0.282. The van der Waals surface area contributed by atoms with Crippen molar-refractivity contribution < 1.29 is 23.7 Å². The molecule has 0 radical (unpaired) electrons. The maximum Gasteiger partial charge on any atom is 0.227 e. The van der Waals surface area contributed by atoms with Gasteiger partial charge in [-0.05, 0) is 35.4 Å². The average Bonchev–Trinajstić information content (AvgIpc) is 2.67. The Bertz CT molecular complexity index is 760. The van der Waals surface area contributed by atoms with Crippen LogP contribution in [0, 0.1) is 0 Å². The van der Waals surface area contributed by atoms with Gasteiger partial charge in [-0.15, -0.1) is 0 Å². The summed E-state index contributed by atoms with van der Waals surface area (Å²) >= 11 is 0. The molecule has 26 heavy (non-hydrogen) atoms. The molecule has 0 N–H and O–H groups in total. The SMILES string of the molecule is COc1ccc(CC(=O)N(C)Cc2ccc(OC)c(OC)c2)cc1OC. The molecule has 1 amide bonds. The van der Waals surface area contributed by atoms with Gasteiger partial charge in [-0.2, -0.15) is 0 Å². The van der Waals surface area contributed by atoms with Crippen LogP contribution in [0.25, 0.3) is 0 Å². The standard InChI is InChI=1S/C20H25NO5/c1-21(13-15-7-9-17(24-3)19(11-15)26-5)20(22)12-14-6-8-16(23-2)18(10-14)25-4/h6-11H,12-13H2,1-5H3. The minimum atomic E-state index is 0.00649. The highest BCUT2D eigenvalue weighted by Crippen LogP contribution is 2.29. The monoisotopic (exact) mass is 359 g/mol. The van der Waals surface area contributed by atoms with Gasteiger partial charge < -0.3 is 23.8 Å². The normalized spacial score (nSPS) is 10.2. The number of ether oxygens (including phenoxy) is 4. The van der Waals surface area contributed by atoms with Gasteiger partial charge in [0.05, 0.1) is 34.9 Å². The number of nitrogens with zero attached hydrogens (tertiary/aromatic N) is 1. The van der Waals surface area contributed by atoms with E-state index in [0.717, 1.165) is 11.1 Å². The number of carbonyl (C=O) groups is 1. The molecule has 0 aliphatic heterocycles. The fourth-order valence-corrected chi connectivity index (χ4v) is 2.64. The first-order chi connectivity index (χ1) is 12.5. The third-order valence-electron chi connectivity index (χ3n) is 4.10. The van der Waals surface area contributed by atoms with Crippen molar-refractivity contribution in [1.29, 1.82) is 0 Å². The first-order valence-electron chi connectivity index (χ1n) is 8.18. The summed E-state index contributed by atoms with van der Waals surface area (Å²) in [7, 11) is 8.12. The van der Waals surface area contributed by atoms with E-state index in [1.807, 2.05) is 30.3 Å². The maximum atomic E-state index is 12.5. The zero-order valence-corrected chi connectivity index (χ0v) is 15.9. The second-order valence-corrected chi connectivity index (χ2v) is 5.81. The van der Waals surface area contributed by atoms with Gasteiger partial charge in [-0.1, -0.05) is 12.1 Å².